The Morgan fingerprint density at radius 1 is 0.571 bits per heavy atom. The fraction of sp³-hybridized carbons (Fsp3) is 0.0588. The molecular weight excluding hydrogens is 866 g/mol. The molecule has 0 aliphatic heterocycles. The number of rotatable bonds is 6. The summed E-state index contributed by atoms with van der Waals surface area (Å²) in [4.78, 5) is 10.4. The molecule has 0 amide bonds. The fourth-order valence-electron chi connectivity index (χ4n) is 8.49. The summed E-state index contributed by atoms with van der Waals surface area (Å²) in [6.07, 6.45) is 1.89. The molecule has 7 aromatic carbocycles. The molecule has 0 radical (unpaired) electrons. The minimum absolute atomic E-state index is 0. The summed E-state index contributed by atoms with van der Waals surface area (Å²) in [5, 5.41) is 11.3. The predicted molar refractivity (Wildman–Crippen MR) is 224 cm³/mol. The quantitative estimate of drug-likeness (QED) is 0.169. The van der Waals surface area contributed by atoms with E-state index < -0.39 is 0 Å². The van der Waals surface area contributed by atoms with E-state index in [0.717, 1.165) is 61.4 Å². The van der Waals surface area contributed by atoms with Crippen LogP contribution in [0.2, 0.25) is 0 Å². The maximum atomic E-state index is 11.3. The molecule has 4 nitrogen and oxygen atoms in total. The summed E-state index contributed by atoms with van der Waals surface area (Å²) in [5.74, 6) is 0.838. The van der Waals surface area contributed by atoms with E-state index in [0.29, 0.717) is 11.4 Å². The largest absolute Gasteiger partial charge is 0.507 e. The summed E-state index contributed by atoms with van der Waals surface area (Å²) in [6, 6.07) is 62.3. The van der Waals surface area contributed by atoms with Crippen molar-refractivity contribution in [3.8, 4) is 78.6 Å². The monoisotopic (exact) mass is 901 g/mol. The molecule has 1 N–H and O–H groups in total. The molecule has 56 heavy (non-hydrogen) atoms. The first-order valence-corrected chi connectivity index (χ1v) is 18.6. The third kappa shape index (κ3) is 5.72. The number of hydrogen-bond donors (Lipinski definition) is 1. The van der Waals surface area contributed by atoms with Gasteiger partial charge in [0, 0.05) is 38.5 Å². The van der Waals surface area contributed by atoms with Crippen LogP contribution < -0.4 is 0 Å². The normalized spacial score (nSPS) is 12.5. The molecule has 0 bridgehead atoms. The van der Waals surface area contributed by atoms with Crippen molar-refractivity contribution in [2.45, 2.75) is 19.3 Å². The van der Waals surface area contributed by atoms with E-state index in [1.54, 1.807) is 6.07 Å². The molecule has 1 aliphatic carbocycles. The molecular formula is C51H36N3OPt-. The van der Waals surface area contributed by atoms with E-state index in [-0.39, 0.29) is 32.2 Å². The number of aromatic hydroxyl groups is 1. The first kappa shape index (κ1) is 35.4. The van der Waals surface area contributed by atoms with Crippen molar-refractivity contribution in [1.29, 1.82) is 0 Å². The van der Waals surface area contributed by atoms with Crippen molar-refractivity contribution in [3.05, 3.63) is 193 Å². The summed E-state index contributed by atoms with van der Waals surface area (Å²) in [5.41, 5.74) is 16.2. The van der Waals surface area contributed by atoms with Crippen molar-refractivity contribution >= 4 is 11.0 Å². The summed E-state index contributed by atoms with van der Waals surface area (Å²) >= 11 is 0. The topological polar surface area (TPSA) is 50.9 Å². The molecule has 5 heteroatoms. The molecule has 2 aromatic heterocycles. The molecule has 0 spiro atoms. The second-order valence-electron chi connectivity index (χ2n) is 14.7. The number of imidazole rings is 1. The average molecular weight is 902 g/mol. The average Bonchev–Trinajstić information content (AvgIpc) is 3.74. The van der Waals surface area contributed by atoms with Gasteiger partial charge in [0.05, 0.1) is 22.3 Å². The first-order valence-electron chi connectivity index (χ1n) is 18.6. The van der Waals surface area contributed by atoms with E-state index in [9.17, 15) is 5.11 Å². The molecule has 0 saturated heterocycles. The van der Waals surface area contributed by atoms with E-state index >= 15 is 0 Å². The number of benzene rings is 7. The summed E-state index contributed by atoms with van der Waals surface area (Å²) in [7, 11) is 0. The van der Waals surface area contributed by atoms with Crippen LogP contribution in [0, 0.1) is 6.07 Å². The van der Waals surface area contributed by atoms with E-state index in [2.05, 4.69) is 158 Å². The van der Waals surface area contributed by atoms with Crippen molar-refractivity contribution in [2.75, 3.05) is 0 Å². The molecule has 9 aromatic rings. The Morgan fingerprint density at radius 2 is 1.21 bits per heavy atom. The van der Waals surface area contributed by atoms with Crippen LogP contribution in [0.4, 0.5) is 0 Å². The fourth-order valence-corrected chi connectivity index (χ4v) is 8.49. The number of phenols is 1. The van der Waals surface area contributed by atoms with Gasteiger partial charge >= 0.3 is 0 Å². The Bertz CT molecular complexity index is 2910. The van der Waals surface area contributed by atoms with Gasteiger partial charge in [-0.1, -0.05) is 170 Å². The van der Waals surface area contributed by atoms with Gasteiger partial charge in [-0.15, -0.1) is 17.7 Å². The Kier molecular flexibility index (Phi) is 8.87. The Balaban J connectivity index is 0.00000410. The number of para-hydroxylation sites is 3. The Morgan fingerprint density at radius 3 is 1.98 bits per heavy atom. The van der Waals surface area contributed by atoms with Crippen LogP contribution in [0.3, 0.4) is 0 Å². The second kappa shape index (κ2) is 14.1. The van der Waals surface area contributed by atoms with Crippen LogP contribution in [0.25, 0.3) is 83.9 Å². The van der Waals surface area contributed by atoms with Crippen molar-refractivity contribution < 1.29 is 26.2 Å². The standard InChI is InChI=1S/C51H36N3O.Pt/c1-51(2)43-24-12-9-21-38(43)41-30-36(44-32-35(28-29-52-44)33-16-5-3-6-17-33)31-42(48(41)51)39-23-15-26-46-49(39)53-50(40-22-11-14-27-47(40)55)54(46)45-25-13-10-20-37(45)34-18-7-4-8-19-34;/h3-30,32,55H,1-2H3;/q-1;. The Labute approximate surface area is 341 Å². The number of hydrogen-bond acceptors (Lipinski definition) is 3. The zero-order chi connectivity index (χ0) is 37.1. The van der Waals surface area contributed by atoms with Crippen LogP contribution in [0.1, 0.15) is 25.0 Å². The first-order chi connectivity index (χ1) is 27.0. The second-order valence-corrected chi connectivity index (χ2v) is 14.7. The zero-order valence-corrected chi connectivity index (χ0v) is 33.1. The summed E-state index contributed by atoms with van der Waals surface area (Å²) in [6.45, 7) is 4.62. The van der Waals surface area contributed by atoms with Gasteiger partial charge < -0.3 is 5.11 Å². The molecule has 0 fully saturated rings. The summed E-state index contributed by atoms with van der Waals surface area (Å²) < 4.78 is 2.20. The van der Waals surface area contributed by atoms with Crippen LogP contribution in [0.5, 0.6) is 5.75 Å². The van der Waals surface area contributed by atoms with Gasteiger partial charge in [0.25, 0.3) is 0 Å². The molecule has 272 valence electrons. The molecule has 2 heterocycles. The number of aromatic nitrogens is 3. The van der Waals surface area contributed by atoms with Crippen molar-refractivity contribution in [3.63, 3.8) is 0 Å². The van der Waals surface area contributed by atoms with E-state index in [4.69, 9.17) is 9.97 Å². The maximum Gasteiger partial charge on any atom is 0.148 e. The van der Waals surface area contributed by atoms with Crippen LogP contribution in [-0.2, 0) is 26.5 Å². The maximum absolute atomic E-state index is 11.3. The number of nitrogens with zero attached hydrogens (tertiary/aromatic N) is 3. The van der Waals surface area contributed by atoms with Gasteiger partial charge in [-0.2, -0.15) is 0 Å². The molecule has 1 aliphatic rings. The van der Waals surface area contributed by atoms with Gasteiger partial charge in [-0.25, -0.2) is 4.98 Å². The minimum atomic E-state index is -0.305. The minimum Gasteiger partial charge on any atom is -0.507 e. The zero-order valence-electron chi connectivity index (χ0n) is 30.8. The van der Waals surface area contributed by atoms with Gasteiger partial charge in [0.1, 0.15) is 11.6 Å². The van der Waals surface area contributed by atoms with E-state index in [1.807, 2.05) is 36.5 Å². The molecule has 0 atom stereocenters. The SMILES string of the molecule is CC1(C)c2ccccc2-c2cc(-c3cc(-c4ccccc4)ccn3)[c-]c(-c3cccc4c3nc(-c3ccccc3O)n4-c3ccccc3-c3ccccc3)c21.[Pt]. The van der Waals surface area contributed by atoms with Gasteiger partial charge in [0.15, 0.2) is 0 Å². The molecule has 0 unspecified atom stereocenters. The number of pyridine rings is 1. The van der Waals surface area contributed by atoms with Gasteiger partial charge in [-0.05, 0) is 63.6 Å². The predicted octanol–water partition coefficient (Wildman–Crippen LogP) is 12.6. The van der Waals surface area contributed by atoms with Crippen LogP contribution in [-0.4, -0.2) is 19.6 Å². The van der Waals surface area contributed by atoms with Crippen LogP contribution in [0.15, 0.2) is 176 Å². The molecule has 0 saturated carbocycles. The number of fused-ring (bicyclic) bond motifs is 4. The van der Waals surface area contributed by atoms with E-state index in [1.165, 1.54) is 22.3 Å². The third-order valence-electron chi connectivity index (χ3n) is 11.1. The third-order valence-corrected chi connectivity index (χ3v) is 11.1. The van der Waals surface area contributed by atoms with Crippen molar-refractivity contribution in [1.82, 2.24) is 14.5 Å². The van der Waals surface area contributed by atoms with Gasteiger partial charge in [-0.3, -0.25) is 9.55 Å². The molecule has 10 rings (SSSR count). The van der Waals surface area contributed by atoms with Crippen LogP contribution >= 0.6 is 0 Å². The van der Waals surface area contributed by atoms with Crippen molar-refractivity contribution in [2.24, 2.45) is 0 Å². The number of phenolic OH excluding ortho intramolecular Hbond substituents is 1. The Hall–Kier alpha value is -6.35. The smallest absolute Gasteiger partial charge is 0.148 e. The van der Waals surface area contributed by atoms with Gasteiger partial charge in [0.2, 0.25) is 0 Å².